The maximum Gasteiger partial charge on any atom is 0.329 e. The molecule has 6 nitrogen and oxygen atoms in total. The minimum atomic E-state index is -0.984. The van der Waals surface area contributed by atoms with Gasteiger partial charge in [0.2, 0.25) is 0 Å². The van der Waals surface area contributed by atoms with E-state index in [2.05, 4.69) is 9.97 Å². The molecular weight excluding hydrogens is 222 g/mol. The van der Waals surface area contributed by atoms with E-state index in [1.165, 1.54) is 0 Å². The van der Waals surface area contributed by atoms with Gasteiger partial charge in [0.25, 0.3) is 0 Å². The zero-order chi connectivity index (χ0) is 12.3. The molecule has 0 amide bonds. The van der Waals surface area contributed by atoms with Crippen LogP contribution in [-0.4, -0.2) is 32.2 Å². The summed E-state index contributed by atoms with van der Waals surface area (Å²) in [6.45, 7) is 2.56. The van der Waals surface area contributed by atoms with Gasteiger partial charge in [-0.15, -0.1) is 0 Å². The van der Waals surface area contributed by atoms with Crippen molar-refractivity contribution >= 4 is 17.1 Å². The number of aromatic nitrogens is 3. The van der Waals surface area contributed by atoms with Gasteiger partial charge in [0, 0.05) is 12.7 Å². The summed E-state index contributed by atoms with van der Waals surface area (Å²) in [5.41, 5.74) is 1.59. The lowest BCUT2D eigenvalue weighted by Crippen LogP contribution is -2.10. The highest BCUT2D eigenvalue weighted by Gasteiger charge is 2.10. The highest BCUT2D eigenvalue weighted by Crippen LogP contribution is 2.13. The smallest absolute Gasteiger partial charge is 0.329 e. The number of rotatable bonds is 5. The molecule has 0 aliphatic heterocycles. The molecule has 0 bridgehead atoms. The normalized spacial score (nSPS) is 10.9. The molecule has 90 valence electrons. The van der Waals surface area contributed by atoms with E-state index in [0.717, 1.165) is 17.7 Å². The first kappa shape index (κ1) is 11.5. The first-order valence-electron chi connectivity index (χ1n) is 5.32. The number of hydrogen-bond donors (Lipinski definition) is 1. The Balaban J connectivity index is 2.24. The second kappa shape index (κ2) is 4.92. The van der Waals surface area contributed by atoms with Crippen LogP contribution < -0.4 is 0 Å². The van der Waals surface area contributed by atoms with E-state index in [4.69, 9.17) is 9.84 Å². The van der Waals surface area contributed by atoms with Crippen LogP contribution in [0.1, 0.15) is 12.7 Å². The lowest BCUT2D eigenvalue weighted by molar-refractivity contribution is -0.142. The third kappa shape index (κ3) is 2.42. The molecule has 2 heterocycles. The summed E-state index contributed by atoms with van der Waals surface area (Å²) < 4.78 is 6.96. The maximum absolute atomic E-state index is 10.4. The standard InChI is InChI=1S/C11H13N3O3/c1-2-14-9(6-17-7-10(15)16)13-8-4-3-5-12-11(8)14/h3-5H,2,6-7H2,1H3,(H,15,16). The van der Waals surface area contributed by atoms with Gasteiger partial charge in [0.1, 0.15) is 24.6 Å². The first-order valence-corrected chi connectivity index (χ1v) is 5.32. The van der Waals surface area contributed by atoms with Crippen molar-refractivity contribution in [1.29, 1.82) is 0 Å². The fourth-order valence-electron chi connectivity index (χ4n) is 1.68. The quantitative estimate of drug-likeness (QED) is 0.838. The zero-order valence-electron chi connectivity index (χ0n) is 9.46. The fraction of sp³-hybridized carbons (Fsp3) is 0.364. The van der Waals surface area contributed by atoms with E-state index < -0.39 is 5.97 Å². The van der Waals surface area contributed by atoms with Gasteiger partial charge in [-0.25, -0.2) is 14.8 Å². The first-order chi connectivity index (χ1) is 8.22. The zero-order valence-corrected chi connectivity index (χ0v) is 9.46. The SMILES string of the molecule is CCn1c(COCC(=O)O)nc2cccnc21. The summed E-state index contributed by atoms with van der Waals surface area (Å²) in [6, 6.07) is 3.69. The number of pyridine rings is 1. The van der Waals surface area contributed by atoms with Crippen molar-refractivity contribution in [2.45, 2.75) is 20.1 Å². The lowest BCUT2D eigenvalue weighted by Gasteiger charge is -2.04. The van der Waals surface area contributed by atoms with Crippen molar-refractivity contribution < 1.29 is 14.6 Å². The van der Waals surface area contributed by atoms with Crippen LogP contribution in [0, 0.1) is 0 Å². The van der Waals surface area contributed by atoms with Gasteiger partial charge >= 0.3 is 5.97 Å². The minimum Gasteiger partial charge on any atom is -0.480 e. The van der Waals surface area contributed by atoms with E-state index in [1.54, 1.807) is 6.20 Å². The highest BCUT2D eigenvalue weighted by molar-refractivity contribution is 5.71. The van der Waals surface area contributed by atoms with Gasteiger partial charge in [0.15, 0.2) is 5.65 Å². The number of fused-ring (bicyclic) bond motifs is 1. The lowest BCUT2D eigenvalue weighted by atomic mass is 10.4. The molecule has 6 heteroatoms. The molecule has 0 aliphatic rings. The van der Waals surface area contributed by atoms with Crippen LogP contribution in [0.3, 0.4) is 0 Å². The Hall–Kier alpha value is -1.95. The van der Waals surface area contributed by atoms with Crippen LogP contribution in [0.2, 0.25) is 0 Å². The highest BCUT2D eigenvalue weighted by atomic mass is 16.5. The van der Waals surface area contributed by atoms with Crippen molar-refractivity contribution in [3.05, 3.63) is 24.2 Å². The number of aryl methyl sites for hydroxylation is 1. The number of carboxylic acids is 1. The predicted octanol–water partition coefficient (Wildman–Crippen LogP) is 1.05. The fourth-order valence-corrected chi connectivity index (χ4v) is 1.68. The third-order valence-electron chi connectivity index (χ3n) is 2.36. The summed E-state index contributed by atoms with van der Waals surface area (Å²) in [7, 11) is 0. The topological polar surface area (TPSA) is 77.2 Å². The molecule has 0 fully saturated rings. The molecule has 0 aliphatic carbocycles. The summed E-state index contributed by atoms with van der Waals surface area (Å²) in [6.07, 6.45) is 1.71. The monoisotopic (exact) mass is 235 g/mol. The molecule has 17 heavy (non-hydrogen) atoms. The van der Waals surface area contributed by atoms with E-state index in [1.807, 2.05) is 23.6 Å². The van der Waals surface area contributed by atoms with Crippen LogP contribution in [0.5, 0.6) is 0 Å². The number of ether oxygens (including phenoxy) is 1. The summed E-state index contributed by atoms with van der Waals surface area (Å²) in [5, 5.41) is 8.49. The van der Waals surface area contributed by atoms with E-state index >= 15 is 0 Å². The van der Waals surface area contributed by atoms with Crippen LogP contribution in [0.15, 0.2) is 18.3 Å². The van der Waals surface area contributed by atoms with Crippen molar-refractivity contribution in [3.8, 4) is 0 Å². The Kier molecular flexibility index (Phi) is 3.34. The molecule has 0 spiro atoms. The molecule has 0 saturated heterocycles. The molecule has 2 aromatic rings. The van der Waals surface area contributed by atoms with E-state index in [0.29, 0.717) is 5.82 Å². The Bertz CT molecular complexity index is 536. The Morgan fingerprint density at radius 3 is 3.12 bits per heavy atom. The average molecular weight is 235 g/mol. The second-order valence-corrected chi connectivity index (χ2v) is 3.50. The Morgan fingerprint density at radius 1 is 1.59 bits per heavy atom. The van der Waals surface area contributed by atoms with Crippen LogP contribution in [-0.2, 0) is 22.7 Å². The molecule has 0 saturated carbocycles. The molecular formula is C11H13N3O3. The Labute approximate surface area is 97.9 Å². The molecule has 2 aromatic heterocycles. The second-order valence-electron chi connectivity index (χ2n) is 3.50. The number of carboxylic acid groups (broad SMARTS) is 1. The molecule has 0 unspecified atom stereocenters. The van der Waals surface area contributed by atoms with Crippen LogP contribution >= 0.6 is 0 Å². The molecule has 2 rings (SSSR count). The molecule has 0 radical (unpaired) electrons. The summed E-state index contributed by atoms with van der Waals surface area (Å²) in [5.74, 6) is -0.287. The maximum atomic E-state index is 10.4. The summed E-state index contributed by atoms with van der Waals surface area (Å²) >= 11 is 0. The van der Waals surface area contributed by atoms with Crippen LogP contribution in [0.25, 0.3) is 11.2 Å². The van der Waals surface area contributed by atoms with E-state index in [-0.39, 0.29) is 13.2 Å². The van der Waals surface area contributed by atoms with Crippen molar-refractivity contribution in [2.75, 3.05) is 6.61 Å². The largest absolute Gasteiger partial charge is 0.480 e. The van der Waals surface area contributed by atoms with Gasteiger partial charge < -0.3 is 14.4 Å². The van der Waals surface area contributed by atoms with Gasteiger partial charge in [-0.3, -0.25) is 0 Å². The Morgan fingerprint density at radius 2 is 2.41 bits per heavy atom. The molecule has 0 atom stereocenters. The number of nitrogens with zero attached hydrogens (tertiary/aromatic N) is 3. The van der Waals surface area contributed by atoms with E-state index in [9.17, 15) is 4.79 Å². The summed E-state index contributed by atoms with van der Waals surface area (Å²) in [4.78, 5) is 19.0. The van der Waals surface area contributed by atoms with Gasteiger partial charge in [-0.05, 0) is 19.1 Å². The van der Waals surface area contributed by atoms with Crippen molar-refractivity contribution in [2.24, 2.45) is 0 Å². The van der Waals surface area contributed by atoms with Gasteiger partial charge in [0.05, 0.1) is 0 Å². The van der Waals surface area contributed by atoms with Crippen molar-refractivity contribution in [3.63, 3.8) is 0 Å². The molecule has 0 aromatic carbocycles. The predicted molar refractivity (Wildman–Crippen MR) is 60.5 cm³/mol. The van der Waals surface area contributed by atoms with Gasteiger partial charge in [-0.1, -0.05) is 0 Å². The number of imidazole rings is 1. The van der Waals surface area contributed by atoms with Gasteiger partial charge in [-0.2, -0.15) is 0 Å². The van der Waals surface area contributed by atoms with Crippen LogP contribution in [0.4, 0.5) is 0 Å². The minimum absolute atomic E-state index is 0.177. The number of aliphatic carboxylic acids is 1. The number of hydrogen-bond acceptors (Lipinski definition) is 4. The molecule has 1 N–H and O–H groups in total. The number of carbonyl (C=O) groups is 1. The third-order valence-corrected chi connectivity index (χ3v) is 2.36. The average Bonchev–Trinajstić information content (AvgIpc) is 2.66. The van der Waals surface area contributed by atoms with Crippen molar-refractivity contribution in [1.82, 2.24) is 14.5 Å².